The Balaban J connectivity index is 2.11. The van der Waals surface area contributed by atoms with Crippen LogP contribution in [0.4, 0.5) is 5.13 Å². The second-order valence-corrected chi connectivity index (χ2v) is 7.11. The maximum atomic E-state index is 12.5. The summed E-state index contributed by atoms with van der Waals surface area (Å²) in [6.07, 6.45) is 0.563. The van der Waals surface area contributed by atoms with Gasteiger partial charge in [0.1, 0.15) is 6.04 Å². The molecule has 24 heavy (non-hydrogen) atoms. The third kappa shape index (κ3) is 4.89. The summed E-state index contributed by atoms with van der Waals surface area (Å²) in [5, 5.41) is 8.08. The molecule has 128 valence electrons. The summed E-state index contributed by atoms with van der Waals surface area (Å²) < 4.78 is 0. The molecule has 2 aromatic rings. The van der Waals surface area contributed by atoms with Crippen LogP contribution >= 0.6 is 11.3 Å². The maximum Gasteiger partial charge on any atom is 0.252 e. The van der Waals surface area contributed by atoms with Crippen LogP contribution in [0.3, 0.4) is 0 Å². The molecule has 0 fully saturated rings. The molecule has 0 radical (unpaired) electrons. The molecule has 0 aliphatic rings. The van der Waals surface area contributed by atoms with Crippen molar-refractivity contribution in [1.29, 1.82) is 0 Å². The summed E-state index contributed by atoms with van der Waals surface area (Å²) in [6, 6.07) is 6.75. The number of carbonyl (C=O) groups excluding carboxylic acids is 2. The van der Waals surface area contributed by atoms with E-state index in [0.29, 0.717) is 17.1 Å². The lowest BCUT2D eigenvalue weighted by atomic mass is 10.0. The number of anilines is 1. The van der Waals surface area contributed by atoms with Crippen LogP contribution in [0.2, 0.25) is 0 Å². The van der Waals surface area contributed by atoms with Gasteiger partial charge in [0.2, 0.25) is 5.91 Å². The number of nitrogens with one attached hydrogen (secondary N) is 2. The van der Waals surface area contributed by atoms with Crippen LogP contribution in [0.25, 0.3) is 0 Å². The topological polar surface area (TPSA) is 71.1 Å². The summed E-state index contributed by atoms with van der Waals surface area (Å²) in [4.78, 5) is 29.3. The Morgan fingerprint density at radius 3 is 2.50 bits per heavy atom. The van der Waals surface area contributed by atoms with Gasteiger partial charge in [-0.25, -0.2) is 4.98 Å². The van der Waals surface area contributed by atoms with Crippen LogP contribution in [0.5, 0.6) is 0 Å². The fourth-order valence-electron chi connectivity index (χ4n) is 2.37. The fraction of sp³-hybridized carbons (Fsp3) is 0.389. The van der Waals surface area contributed by atoms with E-state index in [2.05, 4.69) is 15.6 Å². The number of carbonyl (C=O) groups is 2. The summed E-state index contributed by atoms with van der Waals surface area (Å²) in [5.41, 5.74) is 2.33. The highest BCUT2D eigenvalue weighted by Gasteiger charge is 2.23. The van der Waals surface area contributed by atoms with Gasteiger partial charge >= 0.3 is 0 Å². The minimum atomic E-state index is -0.596. The van der Waals surface area contributed by atoms with Crippen molar-refractivity contribution in [2.45, 2.75) is 40.2 Å². The van der Waals surface area contributed by atoms with E-state index in [1.54, 1.807) is 6.07 Å². The van der Waals surface area contributed by atoms with Crippen molar-refractivity contribution in [3.05, 3.63) is 46.5 Å². The first-order chi connectivity index (χ1) is 11.4. The maximum absolute atomic E-state index is 12.5. The van der Waals surface area contributed by atoms with E-state index in [1.165, 1.54) is 11.3 Å². The van der Waals surface area contributed by atoms with Crippen molar-refractivity contribution in [2.75, 3.05) is 5.32 Å². The Labute approximate surface area is 146 Å². The molecule has 0 bridgehead atoms. The zero-order chi connectivity index (χ0) is 17.7. The normalized spacial score (nSPS) is 12.0. The Morgan fingerprint density at radius 2 is 1.92 bits per heavy atom. The molecule has 0 saturated carbocycles. The third-order valence-electron chi connectivity index (χ3n) is 3.57. The molecule has 1 unspecified atom stereocenters. The van der Waals surface area contributed by atoms with Crippen molar-refractivity contribution in [3.8, 4) is 0 Å². The molecule has 5 nitrogen and oxygen atoms in total. The smallest absolute Gasteiger partial charge is 0.252 e. The Morgan fingerprint density at radius 1 is 1.21 bits per heavy atom. The molecule has 1 heterocycles. The molecule has 1 aromatic heterocycles. The quantitative estimate of drug-likeness (QED) is 0.841. The van der Waals surface area contributed by atoms with Crippen LogP contribution in [-0.4, -0.2) is 22.8 Å². The van der Waals surface area contributed by atoms with E-state index in [4.69, 9.17) is 0 Å². The van der Waals surface area contributed by atoms with Gasteiger partial charge in [0.15, 0.2) is 5.13 Å². The number of hydrogen-bond donors (Lipinski definition) is 2. The average molecular weight is 345 g/mol. The van der Waals surface area contributed by atoms with Crippen molar-refractivity contribution in [3.63, 3.8) is 0 Å². The van der Waals surface area contributed by atoms with Crippen molar-refractivity contribution in [2.24, 2.45) is 5.92 Å². The Hall–Kier alpha value is -2.21. The van der Waals surface area contributed by atoms with E-state index < -0.39 is 6.04 Å². The number of hydrogen-bond acceptors (Lipinski definition) is 4. The van der Waals surface area contributed by atoms with E-state index in [0.717, 1.165) is 11.3 Å². The van der Waals surface area contributed by atoms with E-state index in [1.807, 2.05) is 51.3 Å². The van der Waals surface area contributed by atoms with Crippen LogP contribution in [0, 0.1) is 19.8 Å². The predicted molar refractivity (Wildman–Crippen MR) is 97.4 cm³/mol. The molecular formula is C18H23N3O2S. The van der Waals surface area contributed by atoms with Gasteiger partial charge in [0.05, 0.1) is 5.69 Å². The van der Waals surface area contributed by atoms with Gasteiger partial charge < -0.3 is 10.6 Å². The van der Waals surface area contributed by atoms with E-state index in [9.17, 15) is 9.59 Å². The molecule has 2 N–H and O–H groups in total. The lowest BCUT2D eigenvalue weighted by molar-refractivity contribution is -0.118. The van der Waals surface area contributed by atoms with Gasteiger partial charge in [-0.3, -0.25) is 9.59 Å². The summed E-state index contributed by atoms with van der Waals surface area (Å²) in [7, 11) is 0. The highest BCUT2D eigenvalue weighted by molar-refractivity contribution is 7.13. The molecule has 2 rings (SSSR count). The Kier molecular flexibility index (Phi) is 6.09. The lowest BCUT2D eigenvalue weighted by Gasteiger charge is -2.20. The number of nitrogens with zero attached hydrogens (tertiary/aromatic N) is 1. The average Bonchev–Trinajstić information content (AvgIpc) is 2.91. The number of rotatable bonds is 6. The molecule has 1 aromatic carbocycles. The minimum absolute atomic E-state index is 0.232. The van der Waals surface area contributed by atoms with E-state index in [-0.39, 0.29) is 17.7 Å². The SMILES string of the molecule is Cc1csc(NC(=O)C(CC(C)C)NC(=O)c2ccccc2C)n1. The summed E-state index contributed by atoms with van der Waals surface area (Å²) in [6.45, 7) is 7.80. The molecule has 6 heteroatoms. The largest absolute Gasteiger partial charge is 0.340 e. The number of aryl methyl sites for hydroxylation is 2. The monoisotopic (exact) mass is 345 g/mol. The number of benzene rings is 1. The van der Waals surface area contributed by atoms with Gasteiger partial charge in [0.25, 0.3) is 5.91 Å². The molecule has 1 atom stereocenters. The first kappa shape index (κ1) is 18.1. The van der Waals surface area contributed by atoms with Crippen LogP contribution in [0.15, 0.2) is 29.6 Å². The van der Waals surface area contributed by atoms with Gasteiger partial charge in [-0.15, -0.1) is 11.3 Å². The third-order valence-corrected chi connectivity index (χ3v) is 4.44. The van der Waals surface area contributed by atoms with Crippen LogP contribution in [-0.2, 0) is 4.79 Å². The second-order valence-electron chi connectivity index (χ2n) is 6.25. The van der Waals surface area contributed by atoms with Crippen LogP contribution in [0.1, 0.15) is 41.9 Å². The fourth-order valence-corrected chi connectivity index (χ4v) is 3.06. The predicted octanol–water partition coefficient (Wildman–Crippen LogP) is 3.54. The molecule has 2 amide bonds. The molecule has 0 aliphatic carbocycles. The van der Waals surface area contributed by atoms with Crippen molar-refractivity contribution in [1.82, 2.24) is 10.3 Å². The molecule has 0 saturated heterocycles. The number of thiazole rings is 1. The zero-order valence-electron chi connectivity index (χ0n) is 14.4. The van der Waals surface area contributed by atoms with Crippen molar-refractivity contribution >= 4 is 28.3 Å². The number of aromatic nitrogens is 1. The van der Waals surface area contributed by atoms with Crippen LogP contribution < -0.4 is 10.6 Å². The highest BCUT2D eigenvalue weighted by Crippen LogP contribution is 2.16. The molecular weight excluding hydrogens is 322 g/mol. The second kappa shape index (κ2) is 8.06. The first-order valence-electron chi connectivity index (χ1n) is 7.96. The van der Waals surface area contributed by atoms with Gasteiger partial charge in [-0.2, -0.15) is 0 Å². The summed E-state index contributed by atoms with van der Waals surface area (Å²) in [5.74, 6) is -0.194. The minimum Gasteiger partial charge on any atom is -0.340 e. The number of amides is 2. The first-order valence-corrected chi connectivity index (χ1v) is 8.84. The van der Waals surface area contributed by atoms with E-state index >= 15 is 0 Å². The molecule has 0 aliphatic heterocycles. The highest BCUT2D eigenvalue weighted by atomic mass is 32.1. The standard InChI is InChI=1S/C18H23N3O2S/c1-11(2)9-15(17(23)21-18-19-13(4)10-24-18)20-16(22)14-8-6-5-7-12(14)3/h5-8,10-11,15H,9H2,1-4H3,(H,20,22)(H,19,21,23). The Bertz CT molecular complexity index is 725. The summed E-state index contributed by atoms with van der Waals surface area (Å²) >= 11 is 1.38. The van der Waals surface area contributed by atoms with Gasteiger partial charge in [-0.1, -0.05) is 32.0 Å². The lowest BCUT2D eigenvalue weighted by Crippen LogP contribution is -2.44. The molecule has 0 spiro atoms. The van der Waals surface area contributed by atoms with Gasteiger partial charge in [0, 0.05) is 10.9 Å². The van der Waals surface area contributed by atoms with Gasteiger partial charge in [-0.05, 0) is 37.8 Å². The van der Waals surface area contributed by atoms with Crippen molar-refractivity contribution < 1.29 is 9.59 Å². The zero-order valence-corrected chi connectivity index (χ0v) is 15.2.